The van der Waals surface area contributed by atoms with Crippen molar-refractivity contribution in [2.24, 2.45) is 0 Å². The number of nitrogens with zero attached hydrogens (tertiary/aromatic N) is 1. The molecule has 0 saturated carbocycles. The zero-order chi connectivity index (χ0) is 14.7. The van der Waals surface area contributed by atoms with E-state index < -0.39 is 0 Å². The second kappa shape index (κ2) is 6.00. The van der Waals surface area contributed by atoms with Crippen LogP contribution < -0.4 is 5.56 Å². The third-order valence-corrected chi connectivity index (χ3v) is 3.81. The van der Waals surface area contributed by atoms with E-state index in [1.807, 2.05) is 24.3 Å². The van der Waals surface area contributed by atoms with Gasteiger partial charge >= 0.3 is 0 Å². The molecule has 0 aliphatic heterocycles. The number of aromatic nitrogens is 2. The van der Waals surface area contributed by atoms with Crippen molar-refractivity contribution in [3.05, 3.63) is 64.6 Å². The van der Waals surface area contributed by atoms with E-state index in [4.69, 9.17) is 0 Å². The Morgan fingerprint density at radius 3 is 2.62 bits per heavy atom. The Morgan fingerprint density at radius 2 is 1.81 bits per heavy atom. The van der Waals surface area contributed by atoms with Crippen LogP contribution in [0.25, 0.3) is 16.5 Å². The highest BCUT2D eigenvalue weighted by Crippen LogP contribution is 2.17. The summed E-state index contributed by atoms with van der Waals surface area (Å²) in [6.45, 7) is 2.18. The van der Waals surface area contributed by atoms with Crippen molar-refractivity contribution in [1.29, 1.82) is 0 Å². The van der Waals surface area contributed by atoms with Gasteiger partial charge in [0.15, 0.2) is 0 Å². The lowest BCUT2D eigenvalue weighted by Gasteiger charge is -2.04. The Morgan fingerprint density at radius 1 is 1.00 bits per heavy atom. The zero-order valence-corrected chi connectivity index (χ0v) is 12.3. The molecule has 1 N–H and O–H groups in total. The van der Waals surface area contributed by atoms with Gasteiger partial charge in [0.25, 0.3) is 5.56 Å². The molecule has 0 spiro atoms. The quantitative estimate of drug-likeness (QED) is 0.703. The number of hydrogen-bond donors (Lipinski definition) is 1. The highest BCUT2D eigenvalue weighted by molar-refractivity contribution is 5.84. The fraction of sp³-hybridized carbons (Fsp3) is 0.278. The molecule has 0 bridgehead atoms. The highest BCUT2D eigenvalue weighted by atomic mass is 16.1. The van der Waals surface area contributed by atoms with E-state index in [9.17, 15) is 4.79 Å². The molecule has 0 aliphatic carbocycles. The van der Waals surface area contributed by atoms with Gasteiger partial charge in [0, 0.05) is 11.8 Å². The second-order valence-corrected chi connectivity index (χ2v) is 5.44. The topological polar surface area (TPSA) is 37.8 Å². The van der Waals surface area contributed by atoms with Gasteiger partial charge in [0.1, 0.15) is 0 Å². The summed E-state index contributed by atoms with van der Waals surface area (Å²) in [6.07, 6.45) is 4.44. The third-order valence-electron chi connectivity index (χ3n) is 3.81. The number of hydrogen-bond acceptors (Lipinski definition) is 1. The lowest BCUT2D eigenvalue weighted by Crippen LogP contribution is -2.13. The van der Waals surface area contributed by atoms with Crippen LogP contribution in [0.2, 0.25) is 0 Å². The van der Waals surface area contributed by atoms with Crippen molar-refractivity contribution in [1.82, 2.24) is 9.78 Å². The molecule has 0 amide bonds. The molecule has 3 heteroatoms. The van der Waals surface area contributed by atoms with E-state index in [2.05, 4.69) is 30.2 Å². The second-order valence-electron chi connectivity index (χ2n) is 5.44. The average molecular weight is 280 g/mol. The fourth-order valence-electron chi connectivity index (χ4n) is 2.65. The number of benzene rings is 2. The molecule has 0 atom stereocenters. The van der Waals surface area contributed by atoms with Crippen molar-refractivity contribution in [2.75, 3.05) is 0 Å². The molecular formula is C18H20N2O. The van der Waals surface area contributed by atoms with Gasteiger partial charge < -0.3 is 0 Å². The minimum atomic E-state index is 0.0109. The molecule has 1 heterocycles. The molecule has 3 rings (SSSR count). The Hall–Kier alpha value is -2.29. The van der Waals surface area contributed by atoms with Crippen LogP contribution in [0, 0.1) is 0 Å². The standard InChI is InChI=1S/C18H20N2O/c1-2-3-4-9-16-13-18(21)20(19-16)17-11-10-14-7-5-6-8-15(14)12-17/h5-8,10-13,19H,2-4,9H2,1H3. The number of nitrogens with one attached hydrogen (secondary N) is 1. The molecule has 0 saturated heterocycles. The van der Waals surface area contributed by atoms with Crippen molar-refractivity contribution in [3.8, 4) is 5.69 Å². The van der Waals surface area contributed by atoms with E-state index in [1.54, 1.807) is 10.7 Å². The van der Waals surface area contributed by atoms with Gasteiger partial charge in [0.2, 0.25) is 0 Å². The van der Waals surface area contributed by atoms with Crippen molar-refractivity contribution < 1.29 is 0 Å². The molecule has 3 nitrogen and oxygen atoms in total. The van der Waals surface area contributed by atoms with Gasteiger partial charge in [-0.05, 0) is 35.7 Å². The monoisotopic (exact) mass is 280 g/mol. The highest BCUT2D eigenvalue weighted by Gasteiger charge is 2.05. The maximum Gasteiger partial charge on any atom is 0.271 e. The maximum absolute atomic E-state index is 12.1. The fourth-order valence-corrected chi connectivity index (χ4v) is 2.65. The summed E-state index contributed by atoms with van der Waals surface area (Å²) in [6, 6.07) is 16.0. The van der Waals surface area contributed by atoms with Gasteiger partial charge in [-0.25, -0.2) is 4.68 Å². The van der Waals surface area contributed by atoms with Crippen LogP contribution in [0.1, 0.15) is 31.9 Å². The minimum absolute atomic E-state index is 0.0109. The van der Waals surface area contributed by atoms with E-state index in [-0.39, 0.29) is 5.56 Å². The molecule has 0 aliphatic rings. The Bertz CT molecular complexity index is 798. The molecule has 0 fully saturated rings. The lowest BCUT2D eigenvalue weighted by molar-refractivity contribution is 0.697. The number of rotatable bonds is 5. The molecule has 108 valence electrons. The summed E-state index contributed by atoms with van der Waals surface area (Å²) in [5.74, 6) is 0. The summed E-state index contributed by atoms with van der Waals surface area (Å²) < 4.78 is 1.63. The average Bonchev–Trinajstić information content (AvgIpc) is 2.88. The minimum Gasteiger partial charge on any atom is -0.295 e. The summed E-state index contributed by atoms with van der Waals surface area (Å²) in [4.78, 5) is 12.1. The first-order valence-corrected chi connectivity index (χ1v) is 7.58. The molecule has 21 heavy (non-hydrogen) atoms. The van der Waals surface area contributed by atoms with Crippen LogP contribution in [0.15, 0.2) is 53.3 Å². The van der Waals surface area contributed by atoms with Crippen molar-refractivity contribution in [2.45, 2.75) is 32.6 Å². The van der Waals surface area contributed by atoms with Gasteiger partial charge in [-0.3, -0.25) is 9.89 Å². The summed E-state index contributed by atoms with van der Waals surface area (Å²) in [7, 11) is 0. The summed E-state index contributed by atoms with van der Waals surface area (Å²) >= 11 is 0. The van der Waals surface area contributed by atoms with Crippen LogP contribution >= 0.6 is 0 Å². The maximum atomic E-state index is 12.1. The Labute approximate surface area is 124 Å². The lowest BCUT2D eigenvalue weighted by atomic mass is 10.1. The normalized spacial score (nSPS) is 11.1. The summed E-state index contributed by atoms with van der Waals surface area (Å²) in [5.41, 5.74) is 1.92. The molecule has 3 aromatic rings. The van der Waals surface area contributed by atoms with Crippen molar-refractivity contribution >= 4 is 10.8 Å². The van der Waals surface area contributed by atoms with Crippen LogP contribution in [0.4, 0.5) is 0 Å². The number of fused-ring (bicyclic) bond motifs is 1. The van der Waals surface area contributed by atoms with Gasteiger partial charge in [-0.2, -0.15) is 0 Å². The zero-order valence-electron chi connectivity index (χ0n) is 12.3. The first-order valence-electron chi connectivity index (χ1n) is 7.58. The molecule has 2 aromatic carbocycles. The number of H-pyrrole nitrogens is 1. The van der Waals surface area contributed by atoms with E-state index in [0.29, 0.717) is 0 Å². The predicted octanol–water partition coefficient (Wildman–Crippen LogP) is 4.05. The number of aromatic amines is 1. The van der Waals surface area contributed by atoms with E-state index in [1.165, 1.54) is 18.2 Å². The van der Waals surface area contributed by atoms with Gasteiger partial charge in [-0.15, -0.1) is 0 Å². The third kappa shape index (κ3) is 2.92. The number of aryl methyl sites for hydroxylation is 1. The molecule has 1 aromatic heterocycles. The van der Waals surface area contributed by atoms with Gasteiger partial charge in [-0.1, -0.05) is 50.1 Å². The van der Waals surface area contributed by atoms with Crippen LogP contribution in [-0.2, 0) is 6.42 Å². The Balaban J connectivity index is 1.92. The van der Waals surface area contributed by atoms with Crippen LogP contribution in [-0.4, -0.2) is 9.78 Å². The number of unbranched alkanes of at least 4 members (excludes halogenated alkanes) is 2. The van der Waals surface area contributed by atoms with Crippen molar-refractivity contribution in [3.63, 3.8) is 0 Å². The smallest absolute Gasteiger partial charge is 0.271 e. The molecular weight excluding hydrogens is 260 g/mol. The van der Waals surface area contributed by atoms with Crippen LogP contribution in [0.5, 0.6) is 0 Å². The Kier molecular flexibility index (Phi) is 3.91. The largest absolute Gasteiger partial charge is 0.295 e. The first-order chi connectivity index (χ1) is 10.3. The molecule has 0 radical (unpaired) electrons. The van der Waals surface area contributed by atoms with E-state index in [0.717, 1.165) is 29.6 Å². The van der Waals surface area contributed by atoms with Crippen LogP contribution in [0.3, 0.4) is 0 Å². The first kappa shape index (κ1) is 13.7. The van der Waals surface area contributed by atoms with Gasteiger partial charge in [0.05, 0.1) is 5.69 Å². The predicted molar refractivity (Wildman–Crippen MR) is 87.1 cm³/mol. The van der Waals surface area contributed by atoms with E-state index >= 15 is 0 Å². The summed E-state index contributed by atoms with van der Waals surface area (Å²) in [5, 5.41) is 5.55. The SMILES string of the molecule is CCCCCc1cc(=O)n(-c2ccc3ccccc3c2)[nH]1. The molecule has 0 unspecified atom stereocenters.